The molecule has 2 aromatic carbocycles. The van der Waals surface area contributed by atoms with Crippen molar-refractivity contribution in [2.24, 2.45) is 0 Å². The Morgan fingerprint density at radius 1 is 1.21 bits per heavy atom. The number of esters is 1. The van der Waals surface area contributed by atoms with E-state index in [2.05, 4.69) is 21.2 Å². The van der Waals surface area contributed by atoms with Crippen molar-refractivity contribution in [1.29, 1.82) is 0 Å². The zero-order valence-electron chi connectivity index (χ0n) is 13.6. The first kappa shape index (κ1) is 18.5. The average Bonchev–Trinajstić information content (AvgIpc) is 2.57. The number of anilines is 1. The maximum Gasteiger partial charge on any atom is 0.340 e. The highest BCUT2D eigenvalue weighted by Gasteiger charge is 2.21. The van der Waals surface area contributed by atoms with Gasteiger partial charge in [-0.05, 0) is 65.9 Å². The van der Waals surface area contributed by atoms with Crippen LogP contribution in [0.25, 0.3) is 0 Å². The number of rotatable bonds is 5. The molecule has 126 valence electrons. The number of benzene rings is 2. The molecule has 2 aromatic rings. The minimum absolute atomic E-state index is 0.380. The average molecular weight is 408 g/mol. The number of ether oxygens (including phenoxy) is 1. The van der Waals surface area contributed by atoms with Gasteiger partial charge in [0.15, 0.2) is 6.10 Å². The molecular formula is C18H18BrNO3S. The van der Waals surface area contributed by atoms with Crippen LogP contribution in [0.2, 0.25) is 0 Å². The van der Waals surface area contributed by atoms with Gasteiger partial charge in [0.2, 0.25) is 0 Å². The Bertz CT molecular complexity index is 764. The largest absolute Gasteiger partial charge is 0.449 e. The summed E-state index contributed by atoms with van der Waals surface area (Å²) >= 11 is 4.86. The van der Waals surface area contributed by atoms with E-state index in [9.17, 15) is 9.59 Å². The predicted molar refractivity (Wildman–Crippen MR) is 101 cm³/mol. The lowest BCUT2D eigenvalue weighted by molar-refractivity contribution is -0.123. The number of carbonyl (C=O) groups excluding carboxylic acids is 2. The van der Waals surface area contributed by atoms with Gasteiger partial charge < -0.3 is 10.1 Å². The summed E-state index contributed by atoms with van der Waals surface area (Å²) in [5, 5.41) is 2.75. The van der Waals surface area contributed by atoms with Crippen LogP contribution in [0.1, 0.15) is 22.8 Å². The van der Waals surface area contributed by atoms with Crippen LogP contribution in [0, 0.1) is 6.92 Å². The summed E-state index contributed by atoms with van der Waals surface area (Å²) in [6, 6.07) is 12.8. The molecule has 6 heteroatoms. The molecule has 24 heavy (non-hydrogen) atoms. The van der Waals surface area contributed by atoms with Crippen LogP contribution in [0.4, 0.5) is 5.69 Å². The Kier molecular flexibility index (Phi) is 6.45. The molecule has 0 aliphatic carbocycles. The van der Waals surface area contributed by atoms with Crippen LogP contribution in [0.5, 0.6) is 0 Å². The molecule has 4 nitrogen and oxygen atoms in total. The second-order valence-electron chi connectivity index (χ2n) is 5.22. The Hall–Kier alpha value is -1.79. The SMILES string of the molecule is CSc1ccccc1C(=O)O[C@@H](C)C(=O)Nc1ccc(C)cc1Br. The van der Waals surface area contributed by atoms with E-state index in [0.29, 0.717) is 11.3 Å². The monoisotopic (exact) mass is 407 g/mol. The molecule has 0 aromatic heterocycles. The van der Waals surface area contributed by atoms with Crippen molar-refractivity contribution in [1.82, 2.24) is 0 Å². The maximum atomic E-state index is 12.3. The second kappa shape index (κ2) is 8.35. The van der Waals surface area contributed by atoms with E-state index >= 15 is 0 Å². The number of hydrogen-bond acceptors (Lipinski definition) is 4. The highest BCUT2D eigenvalue weighted by Crippen LogP contribution is 2.24. The summed E-state index contributed by atoms with van der Waals surface area (Å²) < 4.78 is 6.08. The minimum Gasteiger partial charge on any atom is -0.449 e. The van der Waals surface area contributed by atoms with Crippen molar-refractivity contribution in [3.8, 4) is 0 Å². The molecule has 1 N–H and O–H groups in total. The van der Waals surface area contributed by atoms with Gasteiger partial charge in [-0.3, -0.25) is 4.79 Å². The van der Waals surface area contributed by atoms with Gasteiger partial charge in [0.25, 0.3) is 5.91 Å². The topological polar surface area (TPSA) is 55.4 Å². The molecule has 0 spiro atoms. The van der Waals surface area contributed by atoms with Crippen LogP contribution in [-0.4, -0.2) is 24.2 Å². The van der Waals surface area contributed by atoms with Crippen LogP contribution < -0.4 is 5.32 Å². The molecule has 0 saturated carbocycles. The quantitative estimate of drug-likeness (QED) is 0.578. The molecule has 1 amide bonds. The number of aryl methyl sites for hydroxylation is 1. The third-order valence-electron chi connectivity index (χ3n) is 3.36. The van der Waals surface area contributed by atoms with Crippen LogP contribution in [-0.2, 0) is 9.53 Å². The molecule has 0 radical (unpaired) electrons. The fourth-order valence-corrected chi connectivity index (χ4v) is 3.23. The van der Waals surface area contributed by atoms with Gasteiger partial charge in [0.05, 0.1) is 11.3 Å². The van der Waals surface area contributed by atoms with Crippen LogP contribution in [0.3, 0.4) is 0 Å². The molecule has 1 atom stereocenters. The van der Waals surface area contributed by atoms with Gasteiger partial charge in [-0.2, -0.15) is 0 Å². The van der Waals surface area contributed by atoms with Gasteiger partial charge >= 0.3 is 5.97 Å². The van der Waals surface area contributed by atoms with E-state index in [4.69, 9.17) is 4.74 Å². The van der Waals surface area contributed by atoms with E-state index in [-0.39, 0.29) is 5.91 Å². The van der Waals surface area contributed by atoms with E-state index in [1.807, 2.05) is 37.4 Å². The molecule has 2 rings (SSSR count). The van der Waals surface area contributed by atoms with Crippen molar-refractivity contribution in [3.63, 3.8) is 0 Å². The Labute approximate surface area is 154 Å². The standard InChI is InChI=1S/C18H18BrNO3S/c1-11-8-9-15(14(19)10-11)20-17(21)12(2)23-18(22)13-6-4-5-7-16(13)24-3/h4-10,12H,1-3H3,(H,20,21)/t12-/m0/s1. The van der Waals surface area contributed by atoms with E-state index in [1.54, 1.807) is 25.1 Å². The molecule has 0 heterocycles. The van der Waals surface area contributed by atoms with Crippen molar-refractivity contribution >= 4 is 45.3 Å². The highest BCUT2D eigenvalue weighted by atomic mass is 79.9. The number of amides is 1. The zero-order valence-corrected chi connectivity index (χ0v) is 16.0. The summed E-state index contributed by atoms with van der Waals surface area (Å²) in [6.45, 7) is 3.51. The number of halogens is 1. The first-order valence-corrected chi connectivity index (χ1v) is 9.35. The van der Waals surface area contributed by atoms with E-state index in [1.165, 1.54) is 11.8 Å². The number of hydrogen-bond donors (Lipinski definition) is 1. The van der Waals surface area contributed by atoms with Crippen molar-refractivity contribution in [2.45, 2.75) is 24.8 Å². The summed E-state index contributed by atoms with van der Waals surface area (Å²) in [7, 11) is 0. The normalized spacial score (nSPS) is 11.7. The van der Waals surface area contributed by atoms with Gasteiger partial charge in [-0.25, -0.2) is 4.79 Å². The lowest BCUT2D eigenvalue weighted by Crippen LogP contribution is -2.30. The zero-order chi connectivity index (χ0) is 17.7. The summed E-state index contributed by atoms with van der Waals surface area (Å²) in [4.78, 5) is 25.4. The third kappa shape index (κ3) is 4.61. The number of carbonyl (C=O) groups is 2. The predicted octanol–water partition coefficient (Wildman–Crippen LogP) is 4.66. The van der Waals surface area contributed by atoms with Crippen LogP contribution in [0.15, 0.2) is 51.8 Å². The van der Waals surface area contributed by atoms with Crippen LogP contribution >= 0.6 is 27.7 Å². The van der Waals surface area contributed by atoms with Gasteiger partial charge in [-0.15, -0.1) is 11.8 Å². The molecule has 0 bridgehead atoms. The van der Waals surface area contributed by atoms with E-state index < -0.39 is 12.1 Å². The lowest BCUT2D eigenvalue weighted by atomic mass is 10.2. The smallest absolute Gasteiger partial charge is 0.340 e. The first-order valence-electron chi connectivity index (χ1n) is 7.33. The third-order valence-corrected chi connectivity index (χ3v) is 4.81. The van der Waals surface area contributed by atoms with Gasteiger partial charge in [0, 0.05) is 9.37 Å². The number of thioether (sulfide) groups is 1. The van der Waals surface area contributed by atoms with Crippen molar-refractivity contribution < 1.29 is 14.3 Å². The summed E-state index contributed by atoms with van der Waals surface area (Å²) in [5.41, 5.74) is 2.17. The molecule has 0 unspecified atom stereocenters. The van der Waals surface area contributed by atoms with E-state index in [0.717, 1.165) is 14.9 Å². The molecule has 0 aliphatic heterocycles. The summed E-state index contributed by atoms with van der Waals surface area (Å²) in [6.07, 6.45) is 0.984. The van der Waals surface area contributed by atoms with Crippen molar-refractivity contribution in [3.05, 3.63) is 58.1 Å². The molecule has 0 aliphatic rings. The molecular weight excluding hydrogens is 390 g/mol. The summed E-state index contributed by atoms with van der Waals surface area (Å²) in [5.74, 6) is -0.889. The fraction of sp³-hybridized carbons (Fsp3) is 0.222. The van der Waals surface area contributed by atoms with Gasteiger partial charge in [0.1, 0.15) is 0 Å². The molecule has 0 fully saturated rings. The Morgan fingerprint density at radius 3 is 2.58 bits per heavy atom. The lowest BCUT2D eigenvalue weighted by Gasteiger charge is -2.15. The Balaban J connectivity index is 2.04. The van der Waals surface area contributed by atoms with Crippen molar-refractivity contribution in [2.75, 3.05) is 11.6 Å². The van der Waals surface area contributed by atoms with Gasteiger partial charge in [-0.1, -0.05) is 18.2 Å². The Morgan fingerprint density at radius 2 is 1.92 bits per heavy atom. The minimum atomic E-state index is -0.902. The molecule has 0 saturated heterocycles. The maximum absolute atomic E-state index is 12.3. The first-order chi connectivity index (χ1) is 11.4. The highest BCUT2D eigenvalue weighted by molar-refractivity contribution is 9.10. The second-order valence-corrected chi connectivity index (χ2v) is 6.92. The number of nitrogens with one attached hydrogen (secondary N) is 1. The fourth-order valence-electron chi connectivity index (χ4n) is 2.05.